The van der Waals surface area contributed by atoms with Gasteiger partial charge in [-0.1, -0.05) is 30.7 Å². The molecule has 1 heterocycles. The van der Waals surface area contributed by atoms with Crippen LogP contribution in [0, 0.1) is 5.92 Å². The molecule has 7 heteroatoms. The number of hydrogen-bond acceptors (Lipinski definition) is 5. The van der Waals surface area contributed by atoms with E-state index < -0.39 is 5.91 Å². The molecule has 0 aliphatic carbocycles. The van der Waals surface area contributed by atoms with Gasteiger partial charge in [0.25, 0.3) is 0 Å². The number of methoxy groups -OCH3 is 1. The van der Waals surface area contributed by atoms with Crippen LogP contribution in [0.25, 0.3) is 0 Å². The number of benzene rings is 1. The Kier molecular flexibility index (Phi) is 5.76. The average Bonchev–Trinajstić information content (AvgIpc) is 2.57. The third-order valence-corrected chi connectivity index (χ3v) is 3.78. The molecule has 0 saturated carbocycles. The molecule has 0 saturated heterocycles. The van der Waals surface area contributed by atoms with Crippen LogP contribution < -0.4 is 11.1 Å². The first kappa shape index (κ1) is 17.7. The highest BCUT2D eigenvalue weighted by molar-refractivity contribution is 6.33. The maximum absolute atomic E-state index is 11.4. The molecular weight excluding hydrogens is 330 g/mol. The van der Waals surface area contributed by atoms with E-state index >= 15 is 0 Å². The Hall–Kier alpha value is -2.60. The van der Waals surface area contributed by atoms with E-state index in [2.05, 4.69) is 10.3 Å². The number of carbonyl (C=O) groups is 2. The monoisotopic (exact) mass is 347 g/mol. The van der Waals surface area contributed by atoms with E-state index in [9.17, 15) is 9.59 Å². The molecular formula is C17H18ClN3O3. The molecule has 1 amide bonds. The lowest BCUT2D eigenvalue weighted by Gasteiger charge is -2.11. The molecule has 126 valence electrons. The van der Waals surface area contributed by atoms with E-state index in [4.69, 9.17) is 22.1 Å². The Balaban J connectivity index is 2.06. The SMILES string of the molecule is COC(=O)C(C)Cc1ccc(Nc2ncc(C(N)=O)cc2Cl)cc1. The van der Waals surface area contributed by atoms with Crippen LogP contribution in [0.1, 0.15) is 22.8 Å². The predicted octanol–water partition coefficient (Wildman–Crippen LogP) is 2.93. The first-order chi connectivity index (χ1) is 11.4. The Morgan fingerprint density at radius 2 is 2.00 bits per heavy atom. The summed E-state index contributed by atoms with van der Waals surface area (Å²) in [4.78, 5) is 26.6. The quantitative estimate of drug-likeness (QED) is 0.783. The van der Waals surface area contributed by atoms with Crippen LogP contribution in [0.5, 0.6) is 0 Å². The molecule has 2 aromatic rings. The minimum absolute atomic E-state index is 0.203. The molecule has 0 aliphatic heterocycles. The number of nitrogens with one attached hydrogen (secondary N) is 1. The maximum Gasteiger partial charge on any atom is 0.308 e. The summed E-state index contributed by atoms with van der Waals surface area (Å²) >= 11 is 6.09. The lowest BCUT2D eigenvalue weighted by atomic mass is 10.0. The minimum atomic E-state index is -0.583. The van der Waals surface area contributed by atoms with E-state index in [-0.39, 0.29) is 17.5 Å². The predicted molar refractivity (Wildman–Crippen MR) is 92.4 cm³/mol. The van der Waals surface area contributed by atoms with Crippen LogP contribution in [0.15, 0.2) is 36.5 Å². The van der Waals surface area contributed by atoms with Gasteiger partial charge in [-0.25, -0.2) is 4.98 Å². The van der Waals surface area contributed by atoms with Crippen LogP contribution >= 0.6 is 11.6 Å². The molecule has 1 atom stereocenters. The summed E-state index contributed by atoms with van der Waals surface area (Å²) in [5.74, 6) is -0.591. The van der Waals surface area contributed by atoms with Crippen molar-refractivity contribution in [1.29, 1.82) is 0 Å². The lowest BCUT2D eigenvalue weighted by Crippen LogP contribution is -2.15. The number of nitrogens with two attached hydrogens (primary N) is 1. The van der Waals surface area contributed by atoms with Crippen molar-refractivity contribution in [2.24, 2.45) is 11.7 Å². The van der Waals surface area contributed by atoms with E-state index in [1.165, 1.54) is 19.4 Å². The molecule has 0 bridgehead atoms. The van der Waals surface area contributed by atoms with Crippen LogP contribution in [-0.2, 0) is 16.0 Å². The minimum Gasteiger partial charge on any atom is -0.469 e. The standard InChI is InChI=1S/C17H18ClN3O3/c1-10(17(23)24-2)7-11-3-5-13(6-4-11)21-16-14(18)8-12(9-20-16)15(19)22/h3-6,8-10H,7H2,1-2H3,(H2,19,22)(H,20,21). The van der Waals surface area contributed by atoms with Crippen LogP contribution in [0.3, 0.4) is 0 Å². The number of ether oxygens (including phenoxy) is 1. The number of anilines is 2. The fourth-order valence-electron chi connectivity index (χ4n) is 2.16. The molecule has 2 rings (SSSR count). The Bertz CT molecular complexity index is 747. The smallest absolute Gasteiger partial charge is 0.308 e. The van der Waals surface area contributed by atoms with Crippen molar-refractivity contribution >= 4 is 35.0 Å². The highest BCUT2D eigenvalue weighted by Crippen LogP contribution is 2.24. The number of hydrogen-bond donors (Lipinski definition) is 2. The van der Waals surface area contributed by atoms with Gasteiger partial charge in [-0.3, -0.25) is 9.59 Å². The second kappa shape index (κ2) is 7.79. The van der Waals surface area contributed by atoms with Crippen LogP contribution in [0.4, 0.5) is 11.5 Å². The summed E-state index contributed by atoms with van der Waals surface area (Å²) in [5.41, 5.74) is 7.23. The number of amides is 1. The molecule has 0 fully saturated rings. The number of rotatable bonds is 6. The number of aromatic nitrogens is 1. The van der Waals surface area contributed by atoms with Gasteiger partial charge in [0.15, 0.2) is 0 Å². The Morgan fingerprint density at radius 1 is 1.33 bits per heavy atom. The first-order valence-electron chi connectivity index (χ1n) is 7.30. The maximum atomic E-state index is 11.4. The van der Waals surface area contributed by atoms with Gasteiger partial charge in [0, 0.05) is 11.9 Å². The number of esters is 1. The number of carbonyl (C=O) groups excluding carboxylic acids is 2. The molecule has 0 radical (unpaired) electrons. The van der Waals surface area contributed by atoms with Crippen LogP contribution in [-0.4, -0.2) is 24.0 Å². The molecule has 1 unspecified atom stereocenters. The van der Waals surface area contributed by atoms with Gasteiger partial charge in [0.05, 0.1) is 23.6 Å². The molecule has 0 aliphatic rings. The van der Waals surface area contributed by atoms with Crippen molar-refractivity contribution in [2.45, 2.75) is 13.3 Å². The summed E-state index contributed by atoms with van der Waals surface area (Å²) in [5, 5.41) is 3.37. The fourth-order valence-corrected chi connectivity index (χ4v) is 2.38. The van der Waals surface area contributed by atoms with Crippen LogP contribution in [0.2, 0.25) is 5.02 Å². The average molecular weight is 348 g/mol. The van der Waals surface area contributed by atoms with Gasteiger partial charge < -0.3 is 15.8 Å². The highest BCUT2D eigenvalue weighted by Gasteiger charge is 2.13. The fraction of sp³-hybridized carbons (Fsp3) is 0.235. The Morgan fingerprint density at radius 3 is 2.54 bits per heavy atom. The van der Waals surface area contributed by atoms with Gasteiger partial charge >= 0.3 is 5.97 Å². The molecule has 6 nitrogen and oxygen atoms in total. The van der Waals surface area contributed by atoms with E-state index in [0.29, 0.717) is 17.3 Å². The third-order valence-electron chi connectivity index (χ3n) is 3.49. The third kappa shape index (κ3) is 4.45. The normalized spacial score (nSPS) is 11.6. The molecule has 24 heavy (non-hydrogen) atoms. The van der Waals surface area contributed by atoms with E-state index in [0.717, 1.165) is 11.3 Å². The van der Waals surface area contributed by atoms with Gasteiger partial charge in [0.2, 0.25) is 5.91 Å². The van der Waals surface area contributed by atoms with Gasteiger partial charge in [-0.2, -0.15) is 0 Å². The summed E-state index contributed by atoms with van der Waals surface area (Å²) in [7, 11) is 1.38. The number of pyridine rings is 1. The zero-order valence-electron chi connectivity index (χ0n) is 13.4. The summed E-state index contributed by atoms with van der Waals surface area (Å²) in [6, 6.07) is 9.01. The van der Waals surface area contributed by atoms with Crippen molar-refractivity contribution in [3.8, 4) is 0 Å². The zero-order valence-corrected chi connectivity index (χ0v) is 14.1. The van der Waals surface area contributed by atoms with Gasteiger partial charge in [-0.05, 0) is 30.2 Å². The number of halogens is 1. The topological polar surface area (TPSA) is 94.3 Å². The van der Waals surface area contributed by atoms with Crippen molar-refractivity contribution in [3.05, 3.63) is 52.7 Å². The molecule has 0 spiro atoms. The summed E-state index contributed by atoms with van der Waals surface area (Å²) < 4.78 is 4.72. The van der Waals surface area contributed by atoms with Crippen molar-refractivity contribution in [1.82, 2.24) is 4.98 Å². The van der Waals surface area contributed by atoms with Crippen molar-refractivity contribution < 1.29 is 14.3 Å². The van der Waals surface area contributed by atoms with Gasteiger partial charge in [-0.15, -0.1) is 0 Å². The van der Waals surface area contributed by atoms with E-state index in [1.807, 2.05) is 31.2 Å². The molecule has 3 N–H and O–H groups in total. The summed E-state index contributed by atoms with van der Waals surface area (Å²) in [6.45, 7) is 1.82. The number of primary amides is 1. The van der Waals surface area contributed by atoms with Gasteiger partial charge in [0.1, 0.15) is 5.82 Å². The molecule has 1 aromatic carbocycles. The first-order valence-corrected chi connectivity index (χ1v) is 7.67. The molecule has 1 aromatic heterocycles. The number of nitrogens with zero attached hydrogens (tertiary/aromatic N) is 1. The lowest BCUT2D eigenvalue weighted by molar-refractivity contribution is -0.144. The van der Waals surface area contributed by atoms with Crippen molar-refractivity contribution in [2.75, 3.05) is 12.4 Å². The second-order valence-electron chi connectivity index (χ2n) is 5.37. The Labute approximate surface area is 145 Å². The highest BCUT2D eigenvalue weighted by atomic mass is 35.5. The second-order valence-corrected chi connectivity index (χ2v) is 5.78. The van der Waals surface area contributed by atoms with Crippen molar-refractivity contribution in [3.63, 3.8) is 0 Å². The zero-order chi connectivity index (χ0) is 17.7. The summed E-state index contributed by atoms with van der Waals surface area (Å²) in [6.07, 6.45) is 1.96. The van der Waals surface area contributed by atoms with E-state index in [1.54, 1.807) is 0 Å². The largest absolute Gasteiger partial charge is 0.469 e.